The van der Waals surface area contributed by atoms with Gasteiger partial charge in [-0.25, -0.2) is 0 Å². The highest BCUT2D eigenvalue weighted by Crippen LogP contribution is 2.48. The lowest BCUT2D eigenvalue weighted by atomic mass is 9.84. The number of rotatable bonds is 9. The first-order chi connectivity index (χ1) is 15.9. The number of fused-ring (bicyclic) bond motifs is 1. The number of hydrogen-bond acceptors (Lipinski definition) is 7. The Bertz CT molecular complexity index is 1080. The van der Waals surface area contributed by atoms with Crippen LogP contribution in [-0.2, 0) is 6.42 Å². The third-order valence-electron chi connectivity index (χ3n) is 6.27. The molecule has 1 aliphatic heterocycles. The summed E-state index contributed by atoms with van der Waals surface area (Å²) in [5.74, 6) is 0.721. The average molecular weight is 471 g/mol. The van der Waals surface area contributed by atoms with Gasteiger partial charge in [0, 0.05) is 23.3 Å². The van der Waals surface area contributed by atoms with Gasteiger partial charge in [-0.2, -0.15) is 0 Å². The van der Waals surface area contributed by atoms with Crippen molar-refractivity contribution in [3.63, 3.8) is 0 Å². The topological polar surface area (TPSA) is 105 Å². The van der Waals surface area contributed by atoms with E-state index in [0.29, 0.717) is 41.7 Å². The second kappa shape index (κ2) is 9.97. The molecule has 2 aromatic carbocycles. The maximum absolute atomic E-state index is 13.3. The van der Waals surface area contributed by atoms with Crippen LogP contribution in [0.1, 0.15) is 67.6 Å². The Morgan fingerprint density at radius 2 is 1.88 bits per heavy atom. The van der Waals surface area contributed by atoms with Gasteiger partial charge in [0.15, 0.2) is 5.78 Å². The number of allylic oxidation sites excluding steroid dienone is 1. The molecule has 7 heteroatoms. The zero-order chi connectivity index (χ0) is 25.2. The molecule has 0 aromatic heterocycles. The van der Waals surface area contributed by atoms with E-state index in [9.17, 15) is 20.1 Å². The molecule has 0 fully saturated rings. The molecule has 1 unspecified atom stereocenters. The lowest BCUT2D eigenvalue weighted by Crippen LogP contribution is -2.24. The van der Waals surface area contributed by atoms with Crippen molar-refractivity contribution in [1.29, 1.82) is 0 Å². The van der Waals surface area contributed by atoms with Crippen molar-refractivity contribution in [2.24, 2.45) is 5.92 Å². The van der Waals surface area contributed by atoms with E-state index >= 15 is 0 Å². The van der Waals surface area contributed by atoms with Gasteiger partial charge in [0.1, 0.15) is 40.4 Å². The summed E-state index contributed by atoms with van der Waals surface area (Å²) in [7, 11) is 2.92. The molecule has 0 amide bonds. The number of phenolic OH excluding ortho intramolecular Hbond substituents is 2. The van der Waals surface area contributed by atoms with Crippen molar-refractivity contribution in [1.82, 2.24) is 0 Å². The molecule has 0 saturated heterocycles. The zero-order valence-corrected chi connectivity index (χ0v) is 20.5. The molecule has 1 aliphatic rings. The van der Waals surface area contributed by atoms with Crippen LogP contribution in [0.2, 0.25) is 0 Å². The molecule has 34 heavy (non-hydrogen) atoms. The minimum atomic E-state index is -0.831. The maximum Gasteiger partial charge on any atom is 0.174 e. The van der Waals surface area contributed by atoms with Crippen LogP contribution in [0, 0.1) is 5.92 Å². The molecule has 2 atom stereocenters. The summed E-state index contributed by atoms with van der Waals surface area (Å²) in [6, 6.07) is 6.09. The highest BCUT2D eigenvalue weighted by atomic mass is 16.5. The van der Waals surface area contributed by atoms with Gasteiger partial charge in [-0.15, -0.1) is 0 Å². The molecule has 2 aromatic rings. The molecular formula is C27H34O7. The molecule has 0 saturated carbocycles. The number of ether oxygens (including phenoxy) is 3. The van der Waals surface area contributed by atoms with Crippen LogP contribution in [-0.4, -0.2) is 40.9 Å². The minimum absolute atomic E-state index is 0.0313. The van der Waals surface area contributed by atoms with Crippen LogP contribution in [0.3, 0.4) is 0 Å². The molecule has 3 rings (SSSR count). The van der Waals surface area contributed by atoms with Gasteiger partial charge < -0.3 is 29.5 Å². The van der Waals surface area contributed by atoms with E-state index in [1.165, 1.54) is 32.4 Å². The van der Waals surface area contributed by atoms with Crippen molar-refractivity contribution in [3.05, 3.63) is 53.1 Å². The number of carbonyl (C=O) groups is 1. The van der Waals surface area contributed by atoms with Gasteiger partial charge in [0.05, 0.1) is 26.2 Å². The average Bonchev–Trinajstić information content (AvgIpc) is 2.76. The van der Waals surface area contributed by atoms with E-state index in [4.69, 9.17) is 14.2 Å². The lowest BCUT2D eigenvalue weighted by Gasteiger charge is -2.31. The van der Waals surface area contributed by atoms with Gasteiger partial charge in [-0.05, 0) is 58.1 Å². The van der Waals surface area contributed by atoms with Crippen LogP contribution in [0.25, 0.3) is 0 Å². The summed E-state index contributed by atoms with van der Waals surface area (Å²) in [6.07, 6.45) is 0.979. The monoisotopic (exact) mass is 470 g/mol. The number of methoxy groups -OCH3 is 2. The van der Waals surface area contributed by atoms with Crippen molar-refractivity contribution in [2.45, 2.75) is 58.2 Å². The first-order valence-electron chi connectivity index (χ1n) is 11.3. The van der Waals surface area contributed by atoms with Gasteiger partial charge in [-0.3, -0.25) is 4.79 Å². The second-order valence-electron chi connectivity index (χ2n) is 9.54. The molecule has 0 bridgehead atoms. The Morgan fingerprint density at radius 1 is 1.21 bits per heavy atom. The SMILES string of the molecule is C=C(C)[C@H](CCC(C)(C)O)Cc1c(O)cc(OC)c2c1OC(c1ccc(O)cc1OC)CC2=O. The fourth-order valence-corrected chi connectivity index (χ4v) is 4.31. The Hall–Kier alpha value is -3.19. The van der Waals surface area contributed by atoms with Gasteiger partial charge in [-0.1, -0.05) is 12.2 Å². The van der Waals surface area contributed by atoms with Gasteiger partial charge >= 0.3 is 0 Å². The predicted molar refractivity (Wildman–Crippen MR) is 129 cm³/mol. The van der Waals surface area contributed by atoms with E-state index < -0.39 is 11.7 Å². The third kappa shape index (κ3) is 5.47. The Balaban J connectivity index is 2.07. The summed E-state index contributed by atoms with van der Waals surface area (Å²) in [5, 5.41) is 30.9. The van der Waals surface area contributed by atoms with Crippen LogP contribution in [0.15, 0.2) is 36.4 Å². The normalized spacial score (nSPS) is 16.4. The Kier molecular flexibility index (Phi) is 7.46. The number of aliphatic hydroxyl groups is 1. The van der Waals surface area contributed by atoms with Gasteiger partial charge in [0.25, 0.3) is 0 Å². The Labute approximate surface area is 200 Å². The number of phenols is 2. The number of carbonyl (C=O) groups excluding carboxylic acids is 1. The van der Waals surface area contributed by atoms with Crippen molar-refractivity contribution < 1.29 is 34.3 Å². The van der Waals surface area contributed by atoms with E-state index in [1.807, 2.05) is 6.92 Å². The van der Waals surface area contributed by atoms with E-state index in [0.717, 1.165) is 5.57 Å². The largest absolute Gasteiger partial charge is 0.508 e. The minimum Gasteiger partial charge on any atom is -0.508 e. The maximum atomic E-state index is 13.3. The van der Waals surface area contributed by atoms with E-state index in [1.54, 1.807) is 19.9 Å². The quantitative estimate of drug-likeness (QED) is 0.438. The van der Waals surface area contributed by atoms with Crippen molar-refractivity contribution in [3.8, 4) is 28.7 Å². The fourth-order valence-electron chi connectivity index (χ4n) is 4.31. The smallest absolute Gasteiger partial charge is 0.174 e. The van der Waals surface area contributed by atoms with Crippen LogP contribution in [0.5, 0.6) is 28.7 Å². The number of ketones is 1. The number of hydrogen-bond donors (Lipinski definition) is 3. The molecule has 184 valence electrons. The van der Waals surface area contributed by atoms with Crippen molar-refractivity contribution >= 4 is 5.78 Å². The van der Waals surface area contributed by atoms with Crippen LogP contribution < -0.4 is 14.2 Å². The standard InChI is InChI=1S/C27H34O7/c1-15(2)16(9-10-27(3,4)31)11-19-20(29)13-24(33-6)25-21(30)14-23(34-26(19)25)18-8-7-17(28)12-22(18)32-5/h7-8,12-13,16,23,28-29,31H,1,9-11,14H2,2-6H3/t16-,23?/m1/s1. The molecule has 7 nitrogen and oxygen atoms in total. The zero-order valence-electron chi connectivity index (χ0n) is 20.5. The van der Waals surface area contributed by atoms with Crippen molar-refractivity contribution in [2.75, 3.05) is 14.2 Å². The fraction of sp³-hybridized carbons (Fsp3) is 0.444. The third-order valence-corrected chi connectivity index (χ3v) is 6.27. The number of aromatic hydroxyl groups is 2. The van der Waals surface area contributed by atoms with Gasteiger partial charge in [0.2, 0.25) is 0 Å². The highest BCUT2D eigenvalue weighted by molar-refractivity contribution is 6.03. The summed E-state index contributed by atoms with van der Waals surface area (Å²) in [5.41, 5.74) is 1.49. The number of benzene rings is 2. The molecule has 1 heterocycles. The predicted octanol–water partition coefficient (Wildman–Crippen LogP) is 5.11. The highest BCUT2D eigenvalue weighted by Gasteiger charge is 2.36. The van der Waals surface area contributed by atoms with Crippen LogP contribution in [0.4, 0.5) is 0 Å². The summed E-state index contributed by atoms with van der Waals surface area (Å²) >= 11 is 0. The molecule has 0 aliphatic carbocycles. The summed E-state index contributed by atoms with van der Waals surface area (Å²) in [6.45, 7) is 9.53. The lowest BCUT2D eigenvalue weighted by molar-refractivity contribution is 0.0650. The first kappa shape index (κ1) is 25.4. The van der Waals surface area contributed by atoms with E-state index in [2.05, 4.69) is 6.58 Å². The van der Waals surface area contributed by atoms with Crippen LogP contribution >= 0.6 is 0 Å². The second-order valence-corrected chi connectivity index (χ2v) is 9.54. The molecule has 0 spiro atoms. The summed E-state index contributed by atoms with van der Waals surface area (Å²) in [4.78, 5) is 13.3. The molecule has 3 N–H and O–H groups in total. The summed E-state index contributed by atoms with van der Waals surface area (Å²) < 4.78 is 17.1. The Morgan fingerprint density at radius 3 is 2.47 bits per heavy atom. The molecule has 0 radical (unpaired) electrons. The van der Waals surface area contributed by atoms with E-state index in [-0.39, 0.29) is 41.1 Å². The number of Topliss-reactive ketones (excluding diaryl/α,β-unsaturated/α-hetero) is 1. The molecular weight excluding hydrogens is 436 g/mol. The first-order valence-corrected chi connectivity index (χ1v) is 11.3.